The molecule has 1 fully saturated rings. The van der Waals surface area contributed by atoms with Gasteiger partial charge in [0.2, 0.25) is 0 Å². The molecular formula is C21H20F3NO4. The average molecular weight is 407 g/mol. The smallest absolute Gasteiger partial charge is 0.416 e. The molecule has 3 rings (SSSR count). The van der Waals surface area contributed by atoms with E-state index in [2.05, 4.69) is 4.74 Å². The summed E-state index contributed by atoms with van der Waals surface area (Å²) in [7, 11) is 1.27. The van der Waals surface area contributed by atoms with E-state index in [9.17, 15) is 27.9 Å². The standard InChI is InChI=1S/C21H20F3NO4/c1-29-20(28)14-4-9-17(10-5-14)25-12-15(6-11-18(25)19(26)27)13-2-7-16(8-3-13)21(22,23)24/h2-5,7-10,15,18H,6,11-12H2,1H3,(H,26,27)/t15?,18-/m0/s1. The Morgan fingerprint density at radius 2 is 1.66 bits per heavy atom. The fourth-order valence-corrected chi connectivity index (χ4v) is 3.64. The van der Waals surface area contributed by atoms with Crippen LogP contribution in [0, 0.1) is 0 Å². The number of halogens is 3. The summed E-state index contributed by atoms with van der Waals surface area (Å²) >= 11 is 0. The van der Waals surface area contributed by atoms with E-state index in [-0.39, 0.29) is 5.92 Å². The molecule has 2 atom stereocenters. The number of carboxylic acids is 1. The van der Waals surface area contributed by atoms with E-state index in [4.69, 9.17) is 0 Å². The summed E-state index contributed by atoms with van der Waals surface area (Å²) in [6, 6.07) is 10.7. The summed E-state index contributed by atoms with van der Waals surface area (Å²) in [5, 5.41) is 9.59. The van der Waals surface area contributed by atoms with Gasteiger partial charge in [0.15, 0.2) is 0 Å². The summed E-state index contributed by atoms with van der Waals surface area (Å²) in [5.74, 6) is -1.56. The van der Waals surface area contributed by atoms with Crippen LogP contribution in [0.15, 0.2) is 48.5 Å². The first kappa shape index (κ1) is 20.7. The van der Waals surface area contributed by atoms with Gasteiger partial charge in [-0.2, -0.15) is 13.2 Å². The van der Waals surface area contributed by atoms with Gasteiger partial charge in [-0.05, 0) is 54.8 Å². The van der Waals surface area contributed by atoms with Crippen molar-refractivity contribution >= 4 is 17.6 Å². The number of alkyl halides is 3. The predicted molar refractivity (Wildman–Crippen MR) is 100.0 cm³/mol. The van der Waals surface area contributed by atoms with E-state index in [1.165, 1.54) is 19.2 Å². The van der Waals surface area contributed by atoms with Crippen molar-refractivity contribution in [3.05, 3.63) is 65.2 Å². The van der Waals surface area contributed by atoms with Gasteiger partial charge in [0, 0.05) is 18.2 Å². The molecule has 2 aromatic carbocycles. The summed E-state index contributed by atoms with van der Waals surface area (Å²) in [6.07, 6.45) is -3.48. The average Bonchev–Trinajstić information content (AvgIpc) is 2.72. The van der Waals surface area contributed by atoms with Gasteiger partial charge in [-0.3, -0.25) is 0 Å². The van der Waals surface area contributed by atoms with Crippen LogP contribution in [0.1, 0.15) is 40.2 Å². The number of anilines is 1. The van der Waals surface area contributed by atoms with Gasteiger partial charge in [-0.25, -0.2) is 9.59 Å². The number of carbonyl (C=O) groups excluding carboxylic acids is 1. The van der Waals surface area contributed by atoms with Gasteiger partial charge in [0.05, 0.1) is 18.2 Å². The Morgan fingerprint density at radius 1 is 1.03 bits per heavy atom. The Morgan fingerprint density at radius 3 is 2.17 bits per heavy atom. The summed E-state index contributed by atoms with van der Waals surface area (Å²) in [6.45, 7) is 0.347. The molecule has 29 heavy (non-hydrogen) atoms. The highest BCUT2D eigenvalue weighted by Gasteiger charge is 2.35. The van der Waals surface area contributed by atoms with Crippen LogP contribution in [0.2, 0.25) is 0 Å². The second-order valence-corrected chi connectivity index (χ2v) is 6.94. The summed E-state index contributed by atoms with van der Waals surface area (Å²) in [4.78, 5) is 25.0. The van der Waals surface area contributed by atoms with Crippen molar-refractivity contribution in [3.8, 4) is 0 Å². The molecule has 8 heteroatoms. The number of benzene rings is 2. The number of ether oxygens (including phenoxy) is 1. The molecule has 1 aliphatic rings. The molecule has 154 valence electrons. The number of aliphatic carboxylic acids is 1. The Kier molecular flexibility index (Phi) is 5.81. The minimum Gasteiger partial charge on any atom is -0.480 e. The Labute approximate surface area is 165 Å². The van der Waals surface area contributed by atoms with E-state index in [0.29, 0.717) is 30.6 Å². The highest BCUT2D eigenvalue weighted by atomic mass is 19.4. The summed E-state index contributed by atoms with van der Waals surface area (Å²) in [5.41, 5.74) is 0.995. The Hall–Kier alpha value is -3.03. The zero-order valence-corrected chi connectivity index (χ0v) is 15.6. The second kappa shape index (κ2) is 8.14. The van der Waals surface area contributed by atoms with Crippen LogP contribution in [-0.2, 0) is 15.7 Å². The van der Waals surface area contributed by atoms with Crippen LogP contribution >= 0.6 is 0 Å². The zero-order valence-electron chi connectivity index (χ0n) is 15.6. The third-order valence-electron chi connectivity index (χ3n) is 5.20. The van der Waals surface area contributed by atoms with Gasteiger partial charge in [-0.1, -0.05) is 12.1 Å². The lowest BCUT2D eigenvalue weighted by atomic mass is 9.86. The van der Waals surface area contributed by atoms with E-state index in [1.54, 1.807) is 29.2 Å². The molecule has 0 aliphatic carbocycles. The number of rotatable bonds is 4. The molecule has 1 saturated heterocycles. The third kappa shape index (κ3) is 4.52. The molecule has 1 unspecified atom stereocenters. The lowest BCUT2D eigenvalue weighted by Gasteiger charge is -2.39. The number of piperidine rings is 1. The molecule has 0 saturated carbocycles. The fourth-order valence-electron chi connectivity index (χ4n) is 3.64. The number of carboxylic acid groups (broad SMARTS) is 1. The highest BCUT2D eigenvalue weighted by molar-refractivity contribution is 5.90. The van der Waals surface area contributed by atoms with Crippen molar-refractivity contribution in [2.24, 2.45) is 0 Å². The quantitative estimate of drug-likeness (QED) is 0.765. The largest absolute Gasteiger partial charge is 0.480 e. The van der Waals surface area contributed by atoms with Gasteiger partial charge in [0.25, 0.3) is 0 Å². The maximum atomic E-state index is 12.8. The monoisotopic (exact) mass is 407 g/mol. The summed E-state index contributed by atoms with van der Waals surface area (Å²) < 4.78 is 43.0. The van der Waals surface area contributed by atoms with Crippen molar-refractivity contribution in [3.63, 3.8) is 0 Å². The minimum absolute atomic E-state index is 0.104. The Balaban J connectivity index is 1.84. The van der Waals surface area contributed by atoms with Gasteiger partial charge in [-0.15, -0.1) is 0 Å². The molecule has 2 aromatic rings. The SMILES string of the molecule is COC(=O)c1ccc(N2CC(c3ccc(C(F)(F)F)cc3)CC[C@H]2C(=O)O)cc1. The maximum absolute atomic E-state index is 12.8. The molecule has 0 radical (unpaired) electrons. The van der Waals surface area contributed by atoms with Gasteiger partial charge in [0.1, 0.15) is 6.04 Å². The van der Waals surface area contributed by atoms with Crippen molar-refractivity contribution in [2.45, 2.75) is 31.0 Å². The lowest BCUT2D eigenvalue weighted by molar-refractivity contribution is -0.139. The lowest BCUT2D eigenvalue weighted by Crippen LogP contribution is -2.47. The molecule has 0 bridgehead atoms. The number of hydrogen-bond donors (Lipinski definition) is 1. The van der Waals surface area contributed by atoms with Crippen LogP contribution in [0.4, 0.5) is 18.9 Å². The molecule has 1 N–H and O–H groups in total. The first-order valence-corrected chi connectivity index (χ1v) is 9.05. The number of hydrogen-bond acceptors (Lipinski definition) is 4. The first-order chi connectivity index (χ1) is 13.7. The van der Waals surface area contributed by atoms with Gasteiger partial charge < -0.3 is 14.7 Å². The number of methoxy groups -OCH3 is 1. The molecule has 0 amide bonds. The second-order valence-electron chi connectivity index (χ2n) is 6.94. The minimum atomic E-state index is -4.40. The van der Waals surface area contributed by atoms with Crippen LogP contribution < -0.4 is 4.90 Å². The van der Waals surface area contributed by atoms with E-state index in [1.807, 2.05) is 0 Å². The molecule has 5 nitrogen and oxygen atoms in total. The molecule has 1 aliphatic heterocycles. The zero-order chi connectivity index (χ0) is 21.2. The van der Waals surface area contributed by atoms with Crippen molar-refractivity contribution in [1.29, 1.82) is 0 Å². The topological polar surface area (TPSA) is 66.8 Å². The molecule has 0 spiro atoms. The van der Waals surface area contributed by atoms with Gasteiger partial charge >= 0.3 is 18.1 Å². The van der Waals surface area contributed by atoms with E-state index >= 15 is 0 Å². The fraction of sp³-hybridized carbons (Fsp3) is 0.333. The van der Waals surface area contributed by atoms with Crippen molar-refractivity contribution < 1.29 is 32.6 Å². The van der Waals surface area contributed by atoms with Crippen LogP contribution in [-0.4, -0.2) is 36.7 Å². The number of esters is 1. The number of nitrogens with zero attached hydrogens (tertiary/aromatic N) is 1. The Bertz CT molecular complexity index is 878. The molecule has 0 aromatic heterocycles. The normalized spacial score (nSPS) is 19.7. The highest BCUT2D eigenvalue weighted by Crippen LogP contribution is 2.35. The van der Waals surface area contributed by atoms with Crippen molar-refractivity contribution in [1.82, 2.24) is 0 Å². The van der Waals surface area contributed by atoms with Crippen LogP contribution in [0.25, 0.3) is 0 Å². The van der Waals surface area contributed by atoms with E-state index < -0.39 is 29.7 Å². The van der Waals surface area contributed by atoms with Crippen molar-refractivity contribution in [2.75, 3.05) is 18.6 Å². The first-order valence-electron chi connectivity index (χ1n) is 9.05. The molecule has 1 heterocycles. The van der Waals surface area contributed by atoms with E-state index in [0.717, 1.165) is 17.7 Å². The number of carbonyl (C=O) groups is 2. The predicted octanol–water partition coefficient (Wildman–Crippen LogP) is 4.33. The molecular weight excluding hydrogens is 387 g/mol. The van der Waals surface area contributed by atoms with Crippen LogP contribution in [0.5, 0.6) is 0 Å². The van der Waals surface area contributed by atoms with Crippen LogP contribution in [0.3, 0.4) is 0 Å². The third-order valence-corrected chi connectivity index (χ3v) is 5.20. The maximum Gasteiger partial charge on any atom is 0.416 e.